The molecule has 1 aromatic carbocycles. The molecule has 1 aliphatic rings. The van der Waals surface area contributed by atoms with Crippen molar-refractivity contribution in [1.82, 2.24) is 4.90 Å². The van der Waals surface area contributed by atoms with Gasteiger partial charge in [0.15, 0.2) is 11.5 Å². The zero-order valence-electron chi connectivity index (χ0n) is 13.0. The number of furan rings is 1. The zero-order valence-corrected chi connectivity index (χ0v) is 13.0. The number of carbonyl (C=O) groups excluding carboxylic acids is 2. The first-order chi connectivity index (χ1) is 11.2. The molecular formula is C18H19NO4. The van der Waals surface area contributed by atoms with E-state index in [9.17, 15) is 9.59 Å². The average Bonchev–Trinajstić information content (AvgIpc) is 3.01. The van der Waals surface area contributed by atoms with Crippen molar-refractivity contribution in [2.75, 3.05) is 19.8 Å². The SMILES string of the molecule is Cc1ccoc1C(=O)N1CCOCC1CC(=O)c1ccccc1. The molecule has 2 heterocycles. The summed E-state index contributed by atoms with van der Waals surface area (Å²) in [5.74, 6) is 0.167. The average molecular weight is 313 g/mol. The molecule has 0 aliphatic carbocycles. The van der Waals surface area contributed by atoms with Crippen molar-refractivity contribution in [2.24, 2.45) is 0 Å². The number of amides is 1. The van der Waals surface area contributed by atoms with Crippen LogP contribution in [0.15, 0.2) is 47.1 Å². The van der Waals surface area contributed by atoms with Gasteiger partial charge in [-0.3, -0.25) is 9.59 Å². The predicted molar refractivity (Wildman–Crippen MR) is 84.5 cm³/mol. The predicted octanol–water partition coefficient (Wildman–Crippen LogP) is 2.70. The molecule has 1 amide bonds. The molecule has 1 atom stereocenters. The van der Waals surface area contributed by atoms with Crippen molar-refractivity contribution in [2.45, 2.75) is 19.4 Å². The molecule has 2 aromatic rings. The third-order valence-electron chi connectivity index (χ3n) is 4.06. The topological polar surface area (TPSA) is 59.8 Å². The van der Waals surface area contributed by atoms with Gasteiger partial charge in [-0.25, -0.2) is 0 Å². The number of aryl methyl sites for hydroxylation is 1. The smallest absolute Gasteiger partial charge is 0.290 e. The fourth-order valence-corrected chi connectivity index (χ4v) is 2.77. The number of nitrogens with zero attached hydrogens (tertiary/aromatic N) is 1. The van der Waals surface area contributed by atoms with Gasteiger partial charge in [-0.05, 0) is 13.0 Å². The molecule has 1 saturated heterocycles. The van der Waals surface area contributed by atoms with Crippen molar-refractivity contribution < 1.29 is 18.7 Å². The third-order valence-corrected chi connectivity index (χ3v) is 4.06. The first-order valence-electron chi connectivity index (χ1n) is 7.68. The van der Waals surface area contributed by atoms with Crippen LogP contribution in [-0.2, 0) is 4.74 Å². The van der Waals surface area contributed by atoms with Crippen LogP contribution in [0.5, 0.6) is 0 Å². The van der Waals surface area contributed by atoms with Crippen LogP contribution in [0, 0.1) is 6.92 Å². The van der Waals surface area contributed by atoms with Gasteiger partial charge in [0.1, 0.15) is 0 Å². The second-order valence-corrected chi connectivity index (χ2v) is 5.65. The van der Waals surface area contributed by atoms with E-state index in [0.29, 0.717) is 31.1 Å². The van der Waals surface area contributed by atoms with Crippen LogP contribution >= 0.6 is 0 Å². The quantitative estimate of drug-likeness (QED) is 0.814. The Morgan fingerprint density at radius 3 is 2.70 bits per heavy atom. The van der Waals surface area contributed by atoms with Crippen molar-refractivity contribution >= 4 is 11.7 Å². The number of Topliss-reactive ketones (excluding diaryl/α,β-unsaturated/α-hetero) is 1. The third kappa shape index (κ3) is 3.35. The first kappa shape index (κ1) is 15.5. The van der Waals surface area contributed by atoms with Crippen LogP contribution in [0.2, 0.25) is 0 Å². The molecular weight excluding hydrogens is 294 g/mol. The highest BCUT2D eigenvalue weighted by Gasteiger charge is 2.32. The molecule has 5 heteroatoms. The lowest BCUT2D eigenvalue weighted by Gasteiger charge is -2.35. The van der Waals surface area contributed by atoms with E-state index in [2.05, 4.69) is 0 Å². The molecule has 0 bridgehead atoms. The molecule has 0 N–H and O–H groups in total. The van der Waals surface area contributed by atoms with Gasteiger partial charge in [0, 0.05) is 24.1 Å². The molecule has 3 rings (SSSR count). The van der Waals surface area contributed by atoms with Crippen LogP contribution < -0.4 is 0 Å². The Hall–Kier alpha value is -2.40. The normalized spacial score (nSPS) is 18.0. The summed E-state index contributed by atoms with van der Waals surface area (Å²) in [7, 11) is 0. The molecule has 1 fully saturated rings. The minimum absolute atomic E-state index is 0.00932. The van der Waals surface area contributed by atoms with Gasteiger partial charge in [-0.1, -0.05) is 30.3 Å². The van der Waals surface area contributed by atoms with Gasteiger partial charge in [0.25, 0.3) is 5.91 Å². The molecule has 23 heavy (non-hydrogen) atoms. The van der Waals surface area contributed by atoms with Crippen LogP contribution in [0.3, 0.4) is 0 Å². The number of benzene rings is 1. The summed E-state index contributed by atoms with van der Waals surface area (Å²) in [6.07, 6.45) is 1.75. The lowest BCUT2D eigenvalue weighted by Crippen LogP contribution is -2.49. The van der Waals surface area contributed by atoms with Crippen molar-refractivity contribution in [3.63, 3.8) is 0 Å². The van der Waals surface area contributed by atoms with Gasteiger partial charge in [0.2, 0.25) is 0 Å². The van der Waals surface area contributed by atoms with Gasteiger partial charge in [-0.15, -0.1) is 0 Å². The lowest BCUT2D eigenvalue weighted by molar-refractivity contribution is -0.00435. The number of ketones is 1. The molecule has 1 unspecified atom stereocenters. The van der Waals surface area contributed by atoms with E-state index < -0.39 is 0 Å². The molecule has 120 valence electrons. The number of rotatable bonds is 4. The highest BCUT2D eigenvalue weighted by Crippen LogP contribution is 2.19. The van der Waals surface area contributed by atoms with E-state index >= 15 is 0 Å². The molecule has 0 radical (unpaired) electrons. The Bertz CT molecular complexity index is 692. The minimum atomic E-state index is -0.270. The summed E-state index contributed by atoms with van der Waals surface area (Å²) in [5, 5.41) is 0. The largest absolute Gasteiger partial charge is 0.459 e. The molecule has 1 aliphatic heterocycles. The highest BCUT2D eigenvalue weighted by atomic mass is 16.5. The highest BCUT2D eigenvalue weighted by molar-refractivity contribution is 5.97. The number of morpholine rings is 1. The lowest BCUT2D eigenvalue weighted by atomic mass is 10.0. The van der Waals surface area contributed by atoms with E-state index in [1.807, 2.05) is 25.1 Å². The summed E-state index contributed by atoms with van der Waals surface area (Å²) in [4.78, 5) is 26.8. The second-order valence-electron chi connectivity index (χ2n) is 5.65. The fourth-order valence-electron chi connectivity index (χ4n) is 2.77. The molecule has 1 aromatic heterocycles. The number of carbonyl (C=O) groups is 2. The van der Waals surface area contributed by atoms with Crippen LogP contribution in [0.4, 0.5) is 0 Å². The second kappa shape index (κ2) is 6.79. The Morgan fingerprint density at radius 2 is 2.00 bits per heavy atom. The van der Waals surface area contributed by atoms with Gasteiger partial charge in [-0.2, -0.15) is 0 Å². The van der Waals surface area contributed by atoms with E-state index in [1.54, 1.807) is 23.1 Å². The van der Waals surface area contributed by atoms with Crippen LogP contribution in [0.1, 0.15) is 32.9 Å². The number of hydrogen-bond acceptors (Lipinski definition) is 4. The van der Waals surface area contributed by atoms with Crippen LogP contribution in [-0.4, -0.2) is 42.4 Å². The molecule has 5 nitrogen and oxygen atoms in total. The summed E-state index contributed by atoms with van der Waals surface area (Å²) in [6, 6.07) is 10.6. The maximum absolute atomic E-state index is 12.7. The maximum Gasteiger partial charge on any atom is 0.290 e. The van der Waals surface area contributed by atoms with Crippen molar-refractivity contribution in [3.05, 3.63) is 59.5 Å². The standard InChI is InChI=1S/C18H19NO4/c1-13-7-9-23-17(13)18(21)19-8-10-22-12-15(19)11-16(20)14-5-3-2-4-6-14/h2-7,9,15H,8,10-12H2,1H3. The van der Waals surface area contributed by atoms with E-state index in [1.165, 1.54) is 6.26 Å². The van der Waals surface area contributed by atoms with Gasteiger partial charge >= 0.3 is 0 Å². The Labute approximate surface area is 134 Å². The zero-order chi connectivity index (χ0) is 16.2. The summed E-state index contributed by atoms with van der Waals surface area (Å²) >= 11 is 0. The Kier molecular flexibility index (Phi) is 4.57. The fraction of sp³-hybridized carbons (Fsp3) is 0.333. The van der Waals surface area contributed by atoms with Gasteiger partial charge in [0.05, 0.1) is 25.5 Å². The minimum Gasteiger partial charge on any atom is -0.459 e. The summed E-state index contributed by atoms with van der Waals surface area (Å²) in [6.45, 7) is 3.14. The first-order valence-corrected chi connectivity index (χ1v) is 7.68. The Morgan fingerprint density at radius 1 is 1.22 bits per heavy atom. The van der Waals surface area contributed by atoms with Crippen molar-refractivity contribution in [1.29, 1.82) is 0 Å². The monoisotopic (exact) mass is 313 g/mol. The van der Waals surface area contributed by atoms with Crippen molar-refractivity contribution in [3.8, 4) is 0 Å². The van der Waals surface area contributed by atoms with E-state index in [-0.39, 0.29) is 24.2 Å². The molecule has 0 saturated carbocycles. The number of hydrogen-bond donors (Lipinski definition) is 0. The molecule has 0 spiro atoms. The summed E-state index contributed by atoms with van der Waals surface area (Å²) < 4.78 is 10.8. The van der Waals surface area contributed by atoms with E-state index in [0.717, 1.165) is 5.56 Å². The summed E-state index contributed by atoms with van der Waals surface area (Å²) in [5.41, 5.74) is 1.45. The van der Waals surface area contributed by atoms with Crippen LogP contribution in [0.25, 0.3) is 0 Å². The Balaban J connectivity index is 1.75. The van der Waals surface area contributed by atoms with E-state index in [4.69, 9.17) is 9.15 Å². The maximum atomic E-state index is 12.7. The van der Waals surface area contributed by atoms with Gasteiger partial charge < -0.3 is 14.1 Å². The number of ether oxygens (including phenoxy) is 1.